The van der Waals surface area contributed by atoms with Crippen molar-refractivity contribution < 1.29 is 0 Å². The summed E-state index contributed by atoms with van der Waals surface area (Å²) >= 11 is 7.37. The van der Waals surface area contributed by atoms with E-state index in [4.69, 9.17) is 11.6 Å². The van der Waals surface area contributed by atoms with Crippen LogP contribution in [0.1, 0.15) is 4.88 Å². The van der Waals surface area contributed by atoms with Gasteiger partial charge in [0.25, 0.3) is 0 Å². The van der Waals surface area contributed by atoms with Gasteiger partial charge in [0, 0.05) is 23.0 Å². The van der Waals surface area contributed by atoms with Crippen LogP contribution in [0.4, 0.5) is 0 Å². The molecular weight excluding hydrogens is 190 g/mol. The summed E-state index contributed by atoms with van der Waals surface area (Å²) in [4.78, 5) is 1.41. The standard InChI is InChI=1S/C9H12ClNS/c1-8(10)7-11-5-4-9-3-2-6-12-9/h2-3,6,11H,1,4-5,7H2. The molecule has 0 spiro atoms. The molecule has 0 saturated heterocycles. The van der Waals surface area contributed by atoms with Crippen LogP contribution in [-0.4, -0.2) is 13.1 Å². The molecule has 0 aliphatic rings. The fourth-order valence-electron chi connectivity index (χ4n) is 0.890. The largest absolute Gasteiger partial charge is 0.311 e. The molecule has 1 aromatic rings. The lowest BCUT2D eigenvalue weighted by Gasteiger charge is -2.00. The van der Waals surface area contributed by atoms with Crippen molar-refractivity contribution in [2.75, 3.05) is 13.1 Å². The van der Waals surface area contributed by atoms with E-state index >= 15 is 0 Å². The third kappa shape index (κ3) is 3.90. The molecular formula is C9H12ClNS. The second-order valence-electron chi connectivity index (χ2n) is 2.52. The average molecular weight is 202 g/mol. The van der Waals surface area contributed by atoms with E-state index in [2.05, 4.69) is 29.4 Å². The first-order chi connectivity index (χ1) is 5.79. The molecule has 1 aromatic heterocycles. The summed E-state index contributed by atoms with van der Waals surface area (Å²) in [5.74, 6) is 0. The minimum absolute atomic E-state index is 0.668. The molecule has 0 atom stereocenters. The average Bonchev–Trinajstić information content (AvgIpc) is 2.49. The number of hydrogen-bond donors (Lipinski definition) is 1. The summed E-state index contributed by atoms with van der Waals surface area (Å²) in [7, 11) is 0. The fourth-order valence-corrected chi connectivity index (χ4v) is 1.69. The Hall–Kier alpha value is -0.310. The van der Waals surface area contributed by atoms with E-state index in [1.54, 1.807) is 11.3 Å². The summed E-state index contributed by atoms with van der Waals surface area (Å²) in [6.45, 7) is 5.26. The molecule has 0 aromatic carbocycles. The first-order valence-corrected chi connectivity index (χ1v) is 5.11. The maximum atomic E-state index is 5.58. The predicted molar refractivity (Wildman–Crippen MR) is 55.9 cm³/mol. The zero-order valence-corrected chi connectivity index (χ0v) is 8.42. The molecule has 0 radical (unpaired) electrons. The summed E-state index contributed by atoms with van der Waals surface area (Å²) in [5, 5.41) is 5.96. The Labute approximate surface area is 82.1 Å². The van der Waals surface area contributed by atoms with Crippen LogP contribution in [-0.2, 0) is 6.42 Å². The highest BCUT2D eigenvalue weighted by Gasteiger charge is 1.92. The van der Waals surface area contributed by atoms with Gasteiger partial charge in [-0.2, -0.15) is 0 Å². The molecule has 0 unspecified atom stereocenters. The highest BCUT2D eigenvalue weighted by atomic mass is 35.5. The van der Waals surface area contributed by atoms with Gasteiger partial charge in [0.05, 0.1) is 0 Å². The van der Waals surface area contributed by atoms with Crippen molar-refractivity contribution in [3.63, 3.8) is 0 Å². The highest BCUT2D eigenvalue weighted by molar-refractivity contribution is 7.09. The smallest absolute Gasteiger partial charge is 0.0307 e. The van der Waals surface area contributed by atoms with E-state index in [0.717, 1.165) is 13.0 Å². The molecule has 0 amide bonds. The quantitative estimate of drug-likeness (QED) is 0.723. The second-order valence-corrected chi connectivity index (χ2v) is 4.09. The van der Waals surface area contributed by atoms with Gasteiger partial charge in [0.1, 0.15) is 0 Å². The Kier molecular flexibility index (Phi) is 4.36. The van der Waals surface area contributed by atoms with E-state index in [0.29, 0.717) is 11.6 Å². The Morgan fingerprint density at radius 1 is 1.67 bits per heavy atom. The normalized spacial score (nSPS) is 10.1. The van der Waals surface area contributed by atoms with Crippen molar-refractivity contribution in [1.29, 1.82) is 0 Å². The first-order valence-electron chi connectivity index (χ1n) is 3.85. The van der Waals surface area contributed by atoms with E-state index in [1.165, 1.54) is 4.88 Å². The van der Waals surface area contributed by atoms with Crippen molar-refractivity contribution in [3.8, 4) is 0 Å². The van der Waals surface area contributed by atoms with Crippen LogP contribution in [0, 0.1) is 0 Å². The third-order valence-electron chi connectivity index (χ3n) is 1.45. The van der Waals surface area contributed by atoms with Gasteiger partial charge >= 0.3 is 0 Å². The molecule has 1 N–H and O–H groups in total. The summed E-state index contributed by atoms with van der Waals surface area (Å²) in [5.41, 5.74) is 0. The summed E-state index contributed by atoms with van der Waals surface area (Å²) in [6, 6.07) is 4.21. The molecule has 12 heavy (non-hydrogen) atoms. The van der Waals surface area contributed by atoms with Crippen LogP contribution in [0.15, 0.2) is 29.1 Å². The van der Waals surface area contributed by atoms with Gasteiger partial charge in [-0.25, -0.2) is 0 Å². The Bertz CT molecular complexity index is 231. The SMILES string of the molecule is C=C(Cl)CNCCc1cccs1. The van der Waals surface area contributed by atoms with Crippen LogP contribution in [0.2, 0.25) is 0 Å². The molecule has 3 heteroatoms. The number of halogens is 1. The Morgan fingerprint density at radius 3 is 3.08 bits per heavy atom. The van der Waals surface area contributed by atoms with Gasteiger partial charge < -0.3 is 5.32 Å². The number of nitrogens with one attached hydrogen (secondary N) is 1. The fraction of sp³-hybridized carbons (Fsp3) is 0.333. The molecule has 66 valence electrons. The second kappa shape index (κ2) is 5.36. The minimum Gasteiger partial charge on any atom is -0.311 e. The molecule has 1 rings (SSSR count). The predicted octanol–water partition coefficient (Wildman–Crippen LogP) is 2.63. The van der Waals surface area contributed by atoms with E-state index in [-0.39, 0.29) is 0 Å². The van der Waals surface area contributed by atoms with E-state index < -0.39 is 0 Å². The monoisotopic (exact) mass is 201 g/mol. The lowest BCUT2D eigenvalue weighted by molar-refractivity contribution is 0.746. The van der Waals surface area contributed by atoms with Gasteiger partial charge in [-0.05, 0) is 17.9 Å². The van der Waals surface area contributed by atoms with Crippen LogP contribution in [0.25, 0.3) is 0 Å². The van der Waals surface area contributed by atoms with E-state index in [1.807, 2.05) is 0 Å². The van der Waals surface area contributed by atoms with Gasteiger partial charge in [-0.3, -0.25) is 0 Å². The number of thiophene rings is 1. The summed E-state index contributed by atoms with van der Waals surface area (Å²) in [6.07, 6.45) is 1.07. The lowest BCUT2D eigenvalue weighted by Crippen LogP contribution is -2.17. The number of hydrogen-bond acceptors (Lipinski definition) is 2. The van der Waals surface area contributed by atoms with Crippen LogP contribution in [0.3, 0.4) is 0 Å². The van der Waals surface area contributed by atoms with Crippen LogP contribution >= 0.6 is 22.9 Å². The van der Waals surface area contributed by atoms with Crippen molar-refractivity contribution >= 4 is 22.9 Å². The highest BCUT2D eigenvalue weighted by Crippen LogP contribution is 2.08. The molecule has 1 heterocycles. The van der Waals surface area contributed by atoms with Gasteiger partial charge in [-0.1, -0.05) is 24.2 Å². The van der Waals surface area contributed by atoms with Crippen LogP contribution in [0.5, 0.6) is 0 Å². The van der Waals surface area contributed by atoms with E-state index in [9.17, 15) is 0 Å². The van der Waals surface area contributed by atoms with Crippen molar-refractivity contribution in [2.45, 2.75) is 6.42 Å². The molecule has 0 bridgehead atoms. The molecule has 0 saturated carbocycles. The Morgan fingerprint density at radius 2 is 2.50 bits per heavy atom. The molecule has 0 fully saturated rings. The molecule has 0 aliphatic heterocycles. The minimum atomic E-state index is 0.668. The first kappa shape index (κ1) is 9.78. The van der Waals surface area contributed by atoms with Crippen molar-refractivity contribution in [3.05, 3.63) is 34.0 Å². The maximum Gasteiger partial charge on any atom is 0.0307 e. The lowest BCUT2D eigenvalue weighted by atomic mass is 10.3. The zero-order chi connectivity index (χ0) is 8.81. The Balaban J connectivity index is 2.07. The van der Waals surface area contributed by atoms with Gasteiger partial charge in [-0.15, -0.1) is 11.3 Å². The zero-order valence-electron chi connectivity index (χ0n) is 6.85. The van der Waals surface area contributed by atoms with Gasteiger partial charge in [0.15, 0.2) is 0 Å². The van der Waals surface area contributed by atoms with Crippen LogP contribution < -0.4 is 5.32 Å². The van der Waals surface area contributed by atoms with Crippen molar-refractivity contribution in [2.24, 2.45) is 0 Å². The van der Waals surface area contributed by atoms with Crippen molar-refractivity contribution in [1.82, 2.24) is 5.32 Å². The molecule has 1 nitrogen and oxygen atoms in total. The third-order valence-corrected chi connectivity index (χ3v) is 2.51. The summed E-state index contributed by atoms with van der Waals surface area (Å²) < 4.78 is 0. The number of rotatable bonds is 5. The maximum absolute atomic E-state index is 5.58. The van der Waals surface area contributed by atoms with Gasteiger partial charge in [0.2, 0.25) is 0 Å². The topological polar surface area (TPSA) is 12.0 Å². The molecule has 0 aliphatic carbocycles.